The molecule has 3 fully saturated rings. The zero-order chi connectivity index (χ0) is 61.3. The molecule has 1 aliphatic heterocycles. The highest BCUT2D eigenvalue weighted by Crippen LogP contribution is 2.67. The van der Waals surface area contributed by atoms with Crippen LogP contribution in [0.2, 0.25) is 0 Å². The number of carbonyl (C=O) groups is 6. The zero-order valence-electron chi connectivity index (χ0n) is 51.2. The Hall–Kier alpha value is -6.69. The molecule has 0 radical (unpaired) electrons. The lowest BCUT2D eigenvalue weighted by atomic mass is 9.47. The van der Waals surface area contributed by atoms with E-state index >= 15 is 4.39 Å². The van der Waals surface area contributed by atoms with Gasteiger partial charge in [0.2, 0.25) is 23.2 Å². The van der Waals surface area contributed by atoms with Gasteiger partial charge in [-0.1, -0.05) is 71.6 Å². The average Bonchev–Trinajstić information content (AvgIpc) is 1.79. The second-order valence-electron chi connectivity index (χ2n) is 25.5. The smallest absolute Gasteiger partial charge is 0.305 e. The van der Waals surface area contributed by atoms with Crippen molar-refractivity contribution in [2.24, 2.45) is 46.3 Å². The number of halogens is 2. The van der Waals surface area contributed by atoms with E-state index in [2.05, 4.69) is 67.3 Å². The van der Waals surface area contributed by atoms with Gasteiger partial charge in [-0.3, -0.25) is 33.6 Å². The highest BCUT2D eigenvalue weighted by molar-refractivity contribution is 6.05. The Morgan fingerprint density at radius 2 is 1.46 bits per heavy atom. The van der Waals surface area contributed by atoms with Crippen LogP contribution in [0.1, 0.15) is 160 Å². The van der Waals surface area contributed by atoms with E-state index in [0.717, 1.165) is 79.5 Å². The van der Waals surface area contributed by atoms with Crippen LogP contribution in [0, 0.1) is 64.9 Å². The maximum atomic E-state index is 15.3. The molecule has 0 spiro atoms. The van der Waals surface area contributed by atoms with Gasteiger partial charge in [-0.15, -0.1) is 0 Å². The third-order valence-electron chi connectivity index (χ3n) is 19.9. The van der Waals surface area contributed by atoms with Crippen molar-refractivity contribution in [3.05, 3.63) is 87.1 Å². The van der Waals surface area contributed by atoms with Gasteiger partial charge >= 0.3 is 11.9 Å². The zero-order valence-corrected chi connectivity index (χ0v) is 51.2. The average molecular weight is 1180 g/mol. The Balaban J connectivity index is 0.835. The molecule has 5 N–H and O–H groups in total. The van der Waals surface area contributed by atoms with Crippen molar-refractivity contribution in [3.8, 4) is 28.2 Å². The lowest BCUT2D eigenvalue weighted by Crippen LogP contribution is -2.54. The van der Waals surface area contributed by atoms with Gasteiger partial charge in [0.25, 0.3) is 5.91 Å². The fraction of sp³-hybridized carbons (Fsp3) is 0.597. The van der Waals surface area contributed by atoms with E-state index in [-0.39, 0.29) is 89.1 Å². The number of esters is 2. The van der Waals surface area contributed by atoms with Crippen molar-refractivity contribution < 1.29 is 56.2 Å². The number of methoxy groups -OCH3 is 3. The van der Waals surface area contributed by atoms with E-state index in [1.165, 1.54) is 97.3 Å². The van der Waals surface area contributed by atoms with Crippen LogP contribution in [0.15, 0.2) is 63.3 Å². The summed E-state index contributed by atoms with van der Waals surface area (Å²) in [6, 6.07) is 6.54. The number of aryl methyl sites for hydroxylation is 1. The summed E-state index contributed by atoms with van der Waals surface area (Å²) in [4.78, 5) is 92.2. The largest absolute Gasteiger partial charge is 0.494 e. The van der Waals surface area contributed by atoms with Gasteiger partial charge in [-0.25, -0.2) is 8.78 Å². The number of fused-ring (bicyclic) bond motifs is 7. The summed E-state index contributed by atoms with van der Waals surface area (Å²) in [6.07, 6.45) is 16.5. The number of benzene rings is 3. The van der Waals surface area contributed by atoms with Crippen molar-refractivity contribution >= 4 is 46.5 Å². The van der Waals surface area contributed by atoms with Crippen molar-refractivity contribution in [1.82, 2.24) is 26.6 Å². The first-order chi connectivity index (χ1) is 40.6. The fourth-order valence-electron chi connectivity index (χ4n) is 15.1. The monoisotopic (exact) mass is 1180 g/mol. The van der Waals surface area contributed by atoms with Crippen molar-refractivity contribution in [2.75, 3.05) is 41.0 Å². The SMILES string of the molecule is COC(=O)CC[C@H](NC(=O)c1ccc(C)c(-c2c3cc(F)c(=O)cc-3oc3cc(OC)c(F)cc23)c1)C(=O)N[C@@H](CCC(=O)OC)C(=O)NCCC(=O)NCCCN[C@H]1CC[C@@]2(C)C(=CCC3C4CCC([C@H](C)CCCC(C)C)[C@@]4(C)CCC32)C1. The molecule has 4 amide bonds. The molecule has 5 aliphatic carbocycles. The molecule has 8 rings (SSSR count). The maximum Gasteiger partial charge on any atom is 0.305 e. The number of allylic oxidation sites excluding steroid dienone is 1. The van der Waals surface area contributed by atoms with Crippen LogP contribution in [0.25, 0.3) is 33.4 Å². The van der Waals surface area contributed by atoms with Crippen LogP contribution in [0.3, 0.4) is 0 Å². The van der Waals surface area contributed by atoms with E-state index in [9.17, 15) is 38.0 Å². The molecular formula is C67H89F2N5O11. The second-order valence-corrected chi connectivity index (χ2v) is 25.5. The summed E-state index contributed by atoms with van der Waals surface area (Å²) < 4.78 is 51.0. The van der Waals surface area contributed by atoms with E-state index in [0.29, 0.717) is 29.1 Å². The maximum absolute atomic E-state index is 15.3. The normalized spacial score (nSPS) is 23.6. The van der Waals surface area contributed by atoms with Crippen LogP contribution in [0.4, 0.5) is 8.78 Å². The molecular weight excluding hydrogens is 1090 g/mol. The third kappa shape index (κ3) is 14.8. The van der Waals surface area contributed by atoms with Gasteiger partial charge in [-0.2, -0.15) is 0 Å². The highest BCUT2D eigenvalue weighted by Gasteiger charge is 2.59. The first-order valence-corrected chi connectivity index (χ1v) is 30.9. The number of hydrogen-bond donors (Lipinski definition) is 5. The summed E-state index contributed by atoms with van der Waals surface area (Å²) in [7, 11) is 3.63. The number of rotatable bonds is 26. The third-order valence-corrected chi connectivity index (χ3v) is 19.9. The predicted molar refractivity (Wildman–Crippen MR) is 322 cm³/mol. The van der Waals surface area contributed by atoms with Gasteiger partial charge in [0, 0.05) is 72.6 Å². The number of amides is 4. The minimum atomic E-state index is -1.43. The highest BCUT2D eigenvalue weighted by atomic mass is 19.1. The topological polar surface area (TPSA) is 220 Å². The van der Waals surface area contributed by atoms with Crippen molar-refractivity contribution in [2.45, 2.75) is 169 Å². The lowest BCUT2D eigenvalue weighted by Gasteiger charge is -2.58. The Bertz CT molecular complexity index is 3160. The molecule has 462 valence electrons. The van der Waals surface area contributed by atoms with Crippen LogP contribution in [-0.4, -0.2) is 94.7 Å². The molecule has 0 bridgehead atoms. The van der Waals surface area contributed by atoms with E-state index < -0.39 is 58.8 Å². The van der Waals surface area contributed by atoms with Gasteiger partial charge in [0.15, 0.2) is 17.4 Å². The molecule has 1 heterocycles. The Labute approximate surface area is 498 Å². The Morgan fingerprint density at radius 3 is 2.16 bits per heavy atom. The van der Waals surface area contributed by atoms with Crippen molar-refractivity contribution in [3.63, 3.8) is 0 Å². The minimum absolute atomic E-state index is 0.00416. The summed E-state index contributed by atoms with van der Waals surface area (Å²) in [5.41, 5.74) is 2.81. The number of nitrogens with one attached hydrogen (secondary N) is 5. The molecule has 3 saturated carbocycles. The van der Waals surface area contributed by atoms with E-state index in [1.807, 2.05) is 0 Å². The molecule has 10 atom stereocenters. The van der Waals surface area contributed by atoms with Gasteiger partial charge in [-0.05, 0) is 166 Å². The van der Waals surface area contributed by atoms with E-state index in [1.54, 1.807) is 18.6 Å². The quantitative estimate of drug-likeness (QED) is 0.0172. The predicted octanol–water partition coefficient (Wildman–Crippen LogP) is 10.7. The fourth-order valence-corrected chi connectivity index (χ4v) is 15.1. The van der Waals surface area contributed by atoms with Crippen LogP contribution in [0.5, 0.6) is 5.75 Å². The molecule has 16 nitrogen and oxygen atoms in total. The number of carbonyl (C=O) groups excluding carboxylic acids is 6. The molecule has 0 saturated heterocycles. The van der Waals surface area contributed by atoms with E-state index in [4.69, 9.17) is 18.6 Å². The first kappa shape index (κ1) is 64.3. The summed E-state index contributed by atoms with van der Waals surface area (Å²) in [5, 5.41) is 14.9. The first-order valence-electron chi connectivity index (χ1n) is 30.9. The minimum Gasteiger partial charge on any atom is -0.494 e. The Morgan fingerprint density at radius 1 is 0.729 bits per heavy atom. The van der Waals surface area contributed by atoms with Gasteiger partial charge in [0.1, 0.15) is 23.4 Å². The molecule has 4 unspecified atom stereocenters. The summed E-state index contributed by atoms with van der Waals surface area (Å²) >= 11 is 0. The van der Waals surface area contributed by atoms with Crippen LogP contribution < -0.4 is 36.7 Å². The second kappa shape index (κ2) is 28.2. The number of hydrogen-bond acceptors (Lipinski definition) is 12. The molecule has 2 aromatic carbocycles. The standard InChI is InChI=1S/C67H89F2N5O11/c1-38(2)12-10-13-40(4)48-18-19-49-44-17-16-42-33-43(24-27-66(42,5)50(44)25-28-67(48,49)6)70-29-11-30-71-59(76)26-31-72-64(80)53(20-22-60(77)83-8)74-65(81)54(21-23-61(78)84-9)73-63(79)41-15-14-39(3)45(32-41)62-46-34-51(68)55(75)36-56(46)85-57-37-58(82-7)52(69)35-47(57)62/h14-16,32,34-38,40,43-44,48-50,53-54,70H,10-13,17-31,33H2,1-9H3,(H,71,76)(H,72,80)(H,73,79)(H,74,81)/t40-,43+,44?,48?,49?,50?,53+,54+,66+,67-/m1/s1. The van der Waals surface area contributed by atoms with Crippen LogP contribution in [-0.2, 0) is 33.4 Å². The molecule has 85 heavy (non-hydrogen) atoms. The summed E-state index contributed by atoms with van der Waals surface area (Å²) in [5.74, 6) is -1.13. The van der Waals surface area contributed by atoms with Gasteiger partial charge in [0.05, 0.1) is 21.3 Å². The molecule has 0 aromatic heterocycles. The van der Waals surface area contributed by atoms with Crippen molar-refractivity contribution in [1.29, 1.82) is 0 Å². The number of ether oxygens (including phenoxy) is 3. The molecule has 2 aromatic rings. The van der Waals surface area contributed by atoms with Crippen LogP contribution >= 0.6 is 0 Å². The summed E-state index contributed by atoms with van der Waals surface area (Å²) in [6.45, 7) is 15.3. The molecule has 18 heteroatoms. The van der Waals surface area contributed by atoms with Gasteiger partial charge < -0.3 is 45.2 Å². The lowest BCUT2D eigenvalue weighted by molar-refractivity contribution is -0.142. The molecule has 6 aliphatic rings. The Kier molecular flexibility index (Phi) is 21.3.